The predicted molar refractivity (Wildman–Crippen MR) is 122 cm³/mol. The Kier molecular flexibility index (Phi) is 6.03. The van der Waals surface area contributed by atoms with Gasteiger partial charge in [-0.2, -0.15) is 10.2 Å². The van der Waals surface area contributed by atoms with Crippen LogP contribution in [0.5, 0.6) is 0 Å². The molecule has 1 N–H and O–H groups in total. The molecule has 2 aromatic carbocycles. The van der Waals surface area contributed by atoms with E-state index in [1.165, 1.54) is 27.7 Å². The summed E-state index contributed by atoms with van der Waals surface area (Å²) in [6.07, 6.45) is 3.07. The van der Waals surface area contributed by atoms with Crippen molar-refractivity contribution in [2.45, 2.75) is 18.4 Å². The summed E-state index contributed by atoms with van der Waals surface area (Å²) in [6.45, 7) is 8.46. The van der Waals surface area contributed by atoms with Crippen LogP contribution in [0.15, 0.2) is 59.8 Å². The molecule has 0 atom stereocenters. The van der Waals surface area contributed by atoms with Gasteiger partial charge in [0.15, 0.2) is 0 Å². The van der Waals surface area contributed by atoms with Crippen molar-refractivity contribution in [2.75, 3.05) is 0 Å². The van der Waals surface area contributed by atoms with Gasteiger partial charge in [-0.15, -0.1) is 0 Å². The molecule has 0 bridgehead atoms. The van der Waals surface area contributed by atoms with Crippen molar-refractivity contribution in [2.24, 2.45) is 7.05 Å². The van der Waals surface area contributed by atoms with Crippen LogP contribution in [0.25, 0.3) is 21.8 Å². The number of rotatable bonds is 6. The maximum atomic E-state index is 14.7. The zero-order chi connectivity index (χ0) is 23.8. The van der Waals surface area contributed by atoms with E-state index in [4.69, 9.17) is 18.2 Å². The van der Waals surface area contributed by atoms with E-state index in [0.717, 1.165) is 5.56 Å². The van der Waals surface area contributed by atoms with Crippen molar-refractivity contribution < 1.29 is 12.8 Å². The quantitative estimate of drug-likeness (QED) is 0.411. The van der Waals surface area contributed by atoms with Gasteiger partial charge in [-0.25, -0.2) is 27.1 Å². The van der Waals surface area contributed by atoms with Crippen LogP contribution in [0.2, 0.25) is 5.02 Å². The molecule has 0 unspecified atom stereocenters. The highest BCUT2D eigenvalue weighted by Crippen LogP contribution is 2.30. The normalized spacial score (nSPS) is 11.5. The third kappa shape index (κ3) is 4.66. The SMILES string of the molecule is [C-]#[N+]c1ccc(-c2ccn(-c3ccc(CNS(=O)(=O)c4cn(C)nc4C)c(F)c3)n2)cc1Cl. The van der Waals surface area contributed by atoms with Crippen LogP contribution < -0.4 is 4.72 Å². The molecule has 0 amide bonds. The van der Waals surface area contributed by atoms with E-state index in [1.54, 1.807) is 50.5 Å². The Hall–Kier alpha value is -3.52. The fraction of sp³-hybridized carbons (Fsp3) is 0.136. The van der Waals surface area contributed by atoms with E-state index in [9.17, 15) is 12.8 Å². The average Bonchev–Trinajstić information content (AvgIpc) is 3.39. The summed E-state index contributed by atoms with van der Waals surface area (Å²) in [6, 6.07) is 11.2. The third-order valence-corrected chi connectivity index (χ3v) is 6.77. The lowest BCUT2D eigenvalue weighted by atomic mass is 10.1. The van der Waals surface area contributed by atoms with Crippen LogP contribution in [-0.2, 0) is 23.6 Å². The summed E-state index contributed by atoms with van der Waals surface area (Å²) in [5.74, 6) is -0.570. The molecule has 0 aliphatic carbocycles. The highest BCUT2D eigenvalue weighted by Gasteiger charge is 2.20. The van der Waals surface area contributed by atoms with Gasteiger partial charge < -0.3 is 0 Å². The van der Waals surface area contributed by atoms with Gasteiger partial charge in [-0.05, 0) is 31.2 Å². The number of sulfonamides is 1. The summed E-state index contributed by atoms with van der Waals surface area (Å²) < 4.78 is 45.1. The molecule has 0 radical (unpaired) electrons. The molecule has 11 heteroatoms. The van der Waals surface area contributed by atoms with Crippen molar-refractivity contribution in [3.63, 3.8) is 0 Å². The van der Waals surface area contributed by atoms with Gasteiger partial charge in [0.2, 0.25) is 15.7 Å². The first kappa shape index (κ1) is 22.7. The summed E-state index contributed by atoms with van der Waals surface area (Å²) in [7, 11) is -2.20. The molecular formula is C22H18ClFN6O2S. The highest BCUT2D eigenvalue weighted by molar-refractivity contribution is 7.89. The van der Waals surface area contributed by atoms with Crippen LogP contribution >= 0.6 is 11.6 Å². The first-order valence-electron chi connectivity index (χ1n) is 9.70. The predicted octanol–water partition coefficient (Wildman–Crippen LogP) is 4.40. The summed E-state index contributed by atoms with van der Waals surface area (Å²) in [4.78, 5) is 3.38. The smallest absolute Gasteiger partial charge is 0.244 e. The molecule has 2 heterocycles. The maximum Gasteiger partial charge on any atom is 0.244 e. The molecule has 8 nitrogen and oxygen atoms in total. The Morgan fingerprint density at radius 2 is 1.97 bits per heavy atom. The topological polar surface area (TPSA) is 86.2 Å². The second kappa shape index (κ2) is 8.78. The van der Waals surface area contributed by atoms with Crippen molar-refractivity contribution in [3.8, 4) is 16.9 Å². The van der Waals surface area contributed by atoms with Crippen molar-refractivity contribution >= 4 is 27.3 Å². The minimum atomic E-state index is -3.83. The second-order valence-electron chi connectivity index (χ2n) is 7.28. The second-order valence-corrected chi connectivity index (χ2v) is 9.42. The fourth-order valence-corrected chi connectivity index (χ4v) is 4.74. The van der Waals surface area contributed by atoms with Gasteiger partial charge in [-0.1, -0.05) is 29.8 Å². The molecule has 4 rings (SSSR count). The van der Waals surface area contributed by atoms with Crippen LogP contribution in [0.3, 0.4) is 0 Å². The monoisotopic (exact) mass is 484 g/mol. The van der Waals surface area contributed by atoms with Gasteiger partial charge in [0.25, 0.3) is 0 Å². The van der Waals surface area contributed by atoms with Crippen LogP contribution in [-0.4, -0.2) is 28.0 Å². The van der Waals surface area contributed by atoms with Crippen molar-refractivity contribution in [3.05, 3.63) is 88.4 Å². The van der Waals surface area contributed by atoms with Gasteiger partial charge in [-0.3, -0.25) is 4.68 Å². The van der Waals surface area contributed by atoms with Gasteiger partial charge >= 0.3 is 0 Å². The van der Waals surface area contributed by atoms with E-state index < -0.39 is 15.8 Å². The minimum Gasteiger partial charge on any atom is -0.274 e. The van der Waals surface area contributed by atoms with Gasteiger partial charge in [0.1, 0.15) is 10.7 Å². The van der Waals surface area contributed by atoms with Crippen LogP contribution in [0.4, 0.5) is 10.1 Å². The first-order valence-corrected chi connectivity index (χ1v) is 11.6. The third-order valence-electron chi connectivity index (χ3n) is 4.96. The molecule has 168 valence electrons. The Morgan fingerprint density at radius 1 is 1.18 bits per heavy atom. The fourth-order valence-electron chi connectivity index (χ4n) is 3.29. The lowest BCUT2D eigenvalue weighted by Crippen LogP contribution is -2.24. The zero-order valence-electron chi connectivity index (χ0n) is 17.6. The molecular weight excluding hydrogens is 467 g/mol. The summed E-state index contributed by atoms with van der Waals surface area (Å²) in [5, 5.41) is 8.80. The Morgan fingerprint density at radius 3 is 2.61 bits per heavy atom. The van der Waals surface area contributed by atoms with Crippen LogP contribution in [0, 0.1) is 19.3 Å². The maximum absolute atomic E-state index is 14.7. The highest BCUT2D eigenvalue weighted by atomic mass is 35.5. The number of nitrogens with zero attached hydrogens (tertiary/aromatic N) is 5. The average molecular weight is 485 g/mol. The number of hydrogen-bond donors (Lipinski definition) is 1. The molecule has 0 saturated carbocycles. The van der Waals surface area contributed by atoms with Crippen LogP contribution in [0.1, 0.15) is 11.3 Å². The Balaban J connectivity index is 1.52. The molecule has 0 spiro atoms. The number of halogens is 2. The number of hydrogen-bond acceptors (Lipinski definition) is 4. The molecule has 0 aliphatic heterocycles. The summed E-state index contributed by atoms with van der Waals surface area (Å²) in [5.41, 5.74) is 2.71. The van der Waals surface area contributed by atoms with Gasteiger partial charge in [0.05, 0.1) is 23.6 Å². The largest absolute Gasteiger partial charge is 0.274 e. The van der Waals surface area contributed by atoms with Gasteiger partial charge in [0, 0.05) is 42.1 Å². The van der Waals surface area contributed by atoms with E-state index in [1.807, 2.05) is 0 Å². The lowest BCUT2D eigenvalue weighted by molar-refractivity contribution is 0.573. The number of benzene rings is 2. The molecule has 2 aromatic heterocycles. The number of aromatic nitrogens is 4. The van der Waals surface area contributed by atoms with E-state index in [-0.39, 0.29) is 17.0 Å². The molecule has 0 fully saturated rings. The van der Waals surface area contributed by atoms with E-state index >= 15 is 0 Å². The summed E-state index contributed by atoms with van der Waals surface area (Å²) >= 11 is 6.10. The molecule has 0 aliphatic rings. The minimum absolute atomic E-state index is 0.0515. The van der Waals surface area contributed by atoms with Crippen molar-refractivity contribution in [1.29, 1.82) is 0 Å². The Labute approximate surface area is 195 Å². The number of nitrogens with one attached hydrogen (secondary N) is 1. The van der Waals surface area contributed by atoms with Crippen molar-refractivity contribution in [1.82, 2.24) is 24.3 Å². The van der Waals surface area contributed by atoms with E-state index in [2.05, 4.69) is 19.8 Å². The molecule has 33 heavy (non-hydrogen) atoms. The standard InChI is InChI=1S/C22H18ClFN6O2S/c1-14-22(13-29(3)27-14)33(31,32)26-12-16-4-6-17(11-19(16)24)30-9-8-20(28-30)15-5-7-21(25-2)18(23)10-15/h4-11,13,26H,12H2,1,3H3. The van der Waals surface area contributed by atoms with E-state index in [0.29, 0.717) is 27.8 Å². The molecule has 4 aromatic rings. The number of aryl methyl sites for hydroxylation is 2. The molecule has 0 saturated heterocycles. The Bertz CT molecular complexity index is 1500. The first-order chi connectivity index (χ1) is 15.7. The zero-order valence-corrected chi connectivity index (χ0v) is 19.2. The lowest BCUT2D eigenvalue weighted by Gasteiger charge is -2.09.